The highest BCUT2D eigenvalue weighted by atomic mass is 35.5. The quantitative estimate of drug-likeness (QED) is 0.808. The summed E-state index contributed by atoms with van der Waals surface area (Å²) in [5, 5.41) is 0. The lowest BCUT2D eigenvalue weighted by molar-refractivity contribution is 0.194. The smallest absolute Gasteiger partial charge is 0.125 e. The van der Waals surface area contributed by atoms with E-state index in [9.17, 15) is 4.39 Å². The van der Waals surface area contributed by atoms with E-state index in [4.69, 9.17) is 11.6 Å². The Balaban J connectivity index is 1.94. The minimum absolute atomic E-state index is 0.207. The standard InChI is InChI=1S/C16H21ClFN3/c1-20-8-2-3-12(10-20)11-21-15-9-13(18)4-5-14(15)19-16(21)6-7-17/h4-5,9,12H,2-3,6-8,10-11H2,1H3. The van der Waals surface area contributed by atoms with E-state index in [0.29, 0.717) is 11.8 Å². The Morgan fingerprint density at radius 2 is 2.29 bits per heavy atom. The van der Waals surface area contributed by atoms with Gasteiger partial charge in [-0.15, -0.1) is 11.6 Å². The lowest BCUT2D eigenvalue weighted by Gasteiger charge is -2.30. The molecule has 1 aliphatic rings. The number of nitrogens with zero attached hydrogens (tertiary/aromatic N) is 3. The van der Waals surface area contributed by atoms with Crippen molar-refractivity contribution in [3.05, 3.63) is 29.8 Å². The van der Waals surface area contributed by atoms with Crippen LogP contribution < -0.4 is 0 Å². The minimum atomic E-state index is -0.207. The maximum absolute atomic E-state index is 13.6. The lowest BCUT2D eigenvalue weighted by atomic mass is 9.98. The molecule has 1 aromatic carbocycles. The molecule has 1 aromatic heterocycles. The second kappa shape index (κ2) is 6.32. The lowest BCUT2D eigenvalue weighted by Crippen LogP contribution is -2.34. The first-order valence-corrected chi connectivity index (χ1v) is 8.10. The molecule has 2 aromatic rings. The van der Waals surface area contributed by atoms with Gasteiger partial charge in [0, 0.05) is 25.4 Å². The number of piperidine rings is 1. The van der Waals surface area contributed by atoms with Crippen LogP contribution in [-0.2, 0) is 13.0 Å². The molecule has 0 saturated carbocycles. The van der Waals surface area contributed by atoms with E-state index in [1.165, 1.54) is 25.5 Å². The van der Waals surface area contributed by atoms with Crippen molar-refractivity contribution in [3.63, 3.8) is 0 Å². The van der Waals surface area contributed by atoms with Crippen molar-refractivity contribution in [2.24, 2.45) is 5.92 Å². The van der Waals surface area contributed by atoms with E-state index in [2.05, 4.69) is 21.5 Å². The predicted molar refractivity (Wildman–Crippen MR) is 84.3 cm³/mol. The van der Waals surface area contributed by atoms with E-state index in [0.717, 1.165) is 36.4 Å². The first kappa shape index (κ1) is 14.8. The monoisotopic (exact) mass is 309 g/mol. The molecule has 1 unspecified atom stereocenters. The molecule has 21 heavy (non-hydrogen) atoms. The van der Waals surface area contributed by atoms with Gasteiger partial charge >= 0.3 is 0 Å². The average Bonchev–Trinajstić information content (AvgIpc) is 2.77. The van der Waals surface area contributed by atoms with Crippen molar-refractivity contribution >= 4 is 22.6 Å². The van der Waals surface area contributed by atoms with Gasteiger partial charge in [0.05, 0.1) is 11.0 Å². The zero-order valence-electron chi connectivity index (χ0n) is 12.4. The third kappa shape index (κ3) is 3.22. The number of alkyl halides is 1. The molecule has 1 atom stereocenters. The minimum Gasteiger partial charge on any atom is -0.328 e. The molecule has 0 N–H and O–H groups in total. The van der Waals surface area contributed by atoms with Crippen molar-refractivity contribution in [1.29, 1.82) is 0 Å². The van der Waals surface area contributed by atoms with Crippen LogP contribution in [0, 0.1) is 11.7 Å². The Labute approximate surface area is 129 Å². The zero-order chi connectivity index (χ0) is 14.8. The highest BCUT2D eigenvalue weighted by molar-refractivity contribution is 6.17. The number of halogens is 2. The van der Waals surface area contributed by atoms with Gasteiger partial charge in [-0.3, -0.25) is 0 Å². The van der Waals surface area contributed by atoms with Crippen LogP contribution in [0.15, 0.2) is 18.2 Å². The number of aromatic nitrogens is 2. The van der Waals surface area contributed by atoms with Crippen LogP contribution in [0.2, 0.25) is 0 Å². The van der Waals surface area contributed by atoms with E-state index >= 15 is 0 Å². The Morgan fingerprint density at radius 3 is 3.05 bits per heavy atom. The number of aryl methyl sites for hydroxylation is 1. The fourth-order valence-electron chi connectivity index (χ4n) is 3.31. The van der Waals surface area contributed by atoms with Crippen molar-refractivity contribution in [3.8, 4) is 0 Å². The summed E-state index contributed by atoms with van der Waals surface area (Å²) >= 11 is 5.90. The van der Waals surface area contributed by atoms with Gasteiger partial charge in [-0.25, -0.2) is 9.37 Å². The van der Waals surface area contributed by atoms with Crippen LogP contribution in [-0.4, -0.2) is 40.5 Å². The number of fused-ring (bicyclic) bond motifs is 1. The highest BCUT2D eigenvalue weighted by Crippen LogP contribution is 2.23. The molecule has 0 bridgehead atoms. The predicted octanol–water partition coefficient (Wildman–Crippen LogP) is 3.30. The van der Waals surface area contributed by atoms with Gasteiger partial charge in [0.2, 0.25) is 0 Å². The summed E-state index contributed by atoms with van der Waals surface area (Å²) in [4.78, 5) is 7.00. The Morgan fingerprint density at radius 1 is 1.43 bits per heavy atom. The first-order chi connectivity index (χ1) is 10.2. The second-order valence-electron chi connectivity index (χ2n) is 5.98. The van der Waals surface area contributed by atoms with Gasteiger partial charge in [-0.2, -0.15) is 0 Å². The first-order valence-electron chi connectivity index (χ1n) is 7.56. The van der Waals surface area contributed by atoms with Crippen LogP contribution in [0.1, 0.15) is 18.7 Å². The Kier molecular flexibility index (Phi) is 4.45. The van der Waals surface area contributed by atoms with Crippen LogP contribution in [0.5, 0.6) is 0 Å². The number of hydrogen-bond donors (Lipinski definition) is 0. The number of imidazole rings is 1. The van der Waals surface area contributed by atoms with Gasteiger partial charge in [-0.05, 0) is 50.6 Å². The molecule has 2 heterocycles. The number of likely N-dealkylation sites (tertiary alicyclic amines) is 1. The third-order valence-corrected chi connectivity index (χ3v) is 4.46. The van der Waals surface area contributed by atoms with E-state index < -0.39 is 0 Å². The van der Waals surface area contributed by atoms with Gasteiger partial charge in [0.25, 0.3) is 0 Å². The van der Waals surface area contributed by atoms with Crippen molar-refractivity contribution < 1.29 is 4.39 Å². The van der Waals surface area contributed by atoms with E-state index in [-0.39, 0.29) is 5.82 Å². The number of rotatable bonds is 4. The molecule has 0 aliphatic carbocycles. The molecule has 1 saturated heterocycles. The van der Waals surface area contributed by atoms with Crippen LogP contribution in [0.25, 0.3) is 11.0 Å². The summed E-state index contributed by atoms with van der Waals surface area (Å²) in [7, 11) is 2.16. The highest BCUT2D eigenvalue weighted by Gasteiger charge is 2.20. The average molecular weight is 310 g/mol. The molecular formula is C16H21ClFN3. The summed E-state index contributed by atoms with van der Waals surface area (Å²) < 4.78 is 15.7. The maximum Gasteiger partial charge on any atom is 0.125 e. The summed E-state index contributed by atoms with van der Waals surface area (Å²) in [6.07, 6.45) is 3.17. The van der Waals surface area contributed by atoms with Crippen LogP contribution >= 0.6 is 11.6 Å². The van der Waals surface area contributed by atoms with Crippen molar-refractivity contribution in [2.75, 3.05) is 26.0 Å². The molecular weight excluding hydrogens is 289 g/mol. The normalized spacial score (nSPS) is 20.2. The largest absolute Gasteiger partial charge is 0.328 e. The molecule has 0 spiro atoms. The Hall–Kier alpha value is -1.13. The van der Waals surface area contributed by atoms with Crippen LogP contribution in [0.4, 0.5) is 4.39 Å². The van der Waals surface area contributed by atoms with Crippen molar-refractivity contribution in [2.45, 2.75) is 25.8 Å². The van der Waals surface area contributed by atoms with Gasteiger partial charge in [0.15, 0.2) is 0 Å². The molecule has 1 fully saturated rings. The summed E-state index contributed by atoms with van der Waals surface area (Å²) in [6, 6.07) is 4.82. The zero-order valence-corrected chi connectivity index (χ0v) is 13.1. The summed E-state index contributed by atoms with van der Waals surface area (Å²) in [5.74, 6) is 1.90. The number of hydrogen-bond acceptors (Lipinski definition) is 2. The van der Waals surface area contributed by atoms with Gasteiger partial charge in [-0.1, -0.05) is 0 Å². The van der Waals surface area contributed by atoms with Crippen LogP contribution in [0.3, 0.4) is 0 Å². The molecule has 3 rings (SSSR count). The molecule has 114 valence electrons. The van der Waals surface area contributed by atoms with Gasteiger partial charge in [0.1, 0.15) is 11.6 Å². The van der Waals surface area contributed by atoms with E-state index in [1.54, 1.807) is 12.1 Å². The fraction of sp³-hybridized carbons (Fsp3) is 0.562. The van der Waals surface area contributed by atoms with Gasteiger partial charge < -0.3 is 9.47 Å². The molecule has 0 amide bonds. The summed E-state index contributed by atoms with van der Waals surface area (Å²) in [5.41, 5.74) is 1.75. The SMILES string of the molecule is CN1CCCC(Cn2c(CCCl)nc3ccc(F)cc32)C1. The van der Waals surface area contributed by atoms with Crippen molar-refractivity contribution in [1.82, 2.24) is 14.5 Å². The second-order valence-corrected chi connectivity index (χ2v) is 6.36. The molecule has 0 radical (unpaired) electrons. The molecule has 3 nitrogen and oxygen atoms in total. The fourth-order valence-corrected chi connectivity index (χ4v) is 3.47. The molecule has 5 heteroatoms. The molecule has 1 aliphatic heterocycles. The summed E-state index contributed by atoms with van der Waals surface area (Å²) in [6.45, 7) is 3.16. The van der Waals surface area contributed by atoms with E-state index in [1.807, 2.05) is 0 Å². The third-order valence-electron chi connectivity index (χ3n) is 4.27. The Bertz CT molecular complexity index is 625. The topological polar surface area (TPSA) is 21.1 Å². The maximum atomic E-state index is 13.6. The number of benzene rings is 1.